The average Bonchev–Trinajstić information content (AvgIpc) is 2.62. The summed E-state index contributed by atoms with van der Waals surface area (Å²) in [6.07, 6.45) is 6.24. The summed E-state index contributed by atoms with van der Waals surface area (Å²) in [5.41, 5.74) is 8.72. The van der Waals surface area contributed by atoms with Gasteiger partial charge in [-0.05, 0) is 62.2 Å². The van der Waals surface area contributed by atoms with Crippen LogP contribution in [-0.2, 0) is 12.8 Å². The van der Waals surface area contributed by atoms with E-state index >= 15 is 0 Å². The molecule has 1 aliphatic heterocycles. The highest BCUT2D eigenvalue weighted by atomic mass is 15.1. The third kappa shape index (κ3) is 4.63. The molecule has 19 heavy (non-hydrogen) atoms. The Morgan fingerprint density at radius 3 is 2.32 bits per heavy atom. The van der Waals surface area contributed by atoms with Crippen molar-refractivity contribution >= 4 is 0 Å². The third-order valence-electron chi connectivity index (χ3n) is 4.34. The van der Waals surface area contributed by atoms with Gasteiger partial charge in [0.15, 0.2) is 0 Å². The molecule has 2 heteroatoms. The molecule has 1 atom stereocenters. The van der Waals surface area contributed by atoms with E-state index in [-0.39, 0.29) is 0 Å². The number of nitrogens with zero attached hydrogens (tertiary/aromatic N) is 1. The van der Waals surface area contributed by atoms with E-state index in [9.17, 15) is 0 Å². The van der Waals surface area contributed by atoms with Gasteiger partial charge in [0, 0.05) is 13.1 Å². The fourth-order valence-corrected chi connectivity index (χ4v) is 3.03. The Balaban J connectivity index is 1.73. The van der Waals surface area contributed by atoms with Crippen LogP contribution in [0.4, 0.5) is 0 Å². The minimum Gasteiger partial charge on any atom is -0.330 e. The maximum atomic E-state index is 5.60. The minimum atomic E-state index is 0.786. The Morgan fingerprint density at radius 2 is 1.74 bits per heavy atom. The highest BCUT2D eigenvalue weighted by Crippen LogP contribution is 2.16. The van der Waals surface area contributed by atoms with Crippen molar-refractivity contribution in [1.82, 2.24) is 4.90 Å². The molecule has 0 spiro atoms. The van der Waals surface area contributed by atoms with Crippen LogP contribution in [0.1, 0.15) is 37.3 Å². The number of nitrogens with two attached hydrogens (primary N) is 1. The number of hydrogen-bond donors (Lipinski definition) is 1. The largest absolute Gasteiger partial charge is 0.330 e. The van der Waals surface area contributed by atoms with Crippen LogP contribution in [0.15, 0.2) is 24.3 Å². The number of benzene rings is 1. The summed E-state index contributed by atoms with van der Waals surface area (Å²) in [6.45, 7) is 6.86. The van der Waals surface area contributed by atoms with E-state index in [0.717, 1.165) is 12.5 Å². The van der Waals surface area contributed by atoms with E-state index in [4.69, 9.17) is 5.73 Å². The monoisotopic (exact) mass is 260 g/mol. The Kier molecular flexibility index (Phi) is 5.87. The Labute approximate surface area is 118 Å². The lowest BCUT2D eigenvalue weighted by Crippen LogP contribution is -2.27. The van der Waals surface area contributed by atoms with Gasteiger partial charge in [0.25, 0.3) is 0 Å². The molecular weight excluding hydrogens is 232 g/mol. The van der Waals surface area contributed by atoms with Gasteiger partial charge in [-0.1, -0.05) is 31.2 Å². The van der Waals surface area contributed by atoms with Gasteiger partial charge in [0.05, 0.1) is 0 Å². The summed E-state index contributed by atoms with van der Waals surface area (Å²) in [4.78, 5) is 2.63. The van der Waals surface area contributed by atoms with Gasteiger partial charge in [0.1, 0.15) is 0 Å². The van der Waals surface area contributed by atoms with E-state index in [0.29, 0.717) is 0 Å². The van der Waals surface area contributed by atoms with E-state index in [1.54, 1.807) is 11.1 Å². The van der Waals surface area contributed by atoms with Crippen LogP contribution in [0.2, 0.25) is 0 Å². The predicted octanol–water partition coefficient (Wildman–Crippen LogP) is 2.85. The summed E-state index contributed by atoms with van der Waals surface area (Å²) in [6, 6.07) is 8.93. The molecule has 0 bridgehead atoms. The van der Waals surface area contributed by atoms with Gasteiger partial charge < -0.3 is 10.6 Å². The summed E-state index contributed by atoms with van der Waals surface area (Å²) in [5.74, 6) is 0.786. The quantitative estimate of drug-likeness (QED) is 0.852. The molecule has 0 amide bonds. The van der Waals surface area contributed by atoms with Crippen molar-refractivity contribution in [3.63, 3.8) is 0 Å². The third-order valence-corrected chi connectivity index (χ3v) is 4.34. The predicted molar refractivity (Wildman–Crippen MR) is 82.4 cm³/mol. The van der Waals surface area contributed by atoms with Gasteiger partial charge in [-0.3, -0.25) is 0 Å². The molecule has 1 unspecified atom stereocenters. The normalized spacial score (nSPS) is 17.8. The van der Waals surface area contributed by atoms with Gasteiger partial charge in [-0.25, -0.2) is 0 Å². The van der Waals surface area contributed by atoms with Gasteiger partial charge in [0.2, 0.25) is 0 Å². The summed E-state index contributed by atoms with van der Waals surface area (Å²) < 4.78 is 0. The van der Waals surface area contributed by atoms with Crippen LogP contribution in [0.5, 0.6) is 0 Å². The highest BCUT2D eigenvalue weighted by Gasteiger charge is 2.13. The van der Waals surface area contributed by atoms with Crippen LogP contribution >= 0.6 is 0 Å². The van der Waals surface area contributed by atoms with Gasteiger partial charge in [-0.2, -0.15) is 0 Å². The van der Waals surface area contributed by atoms with Crippen molar-refractivity contribution in [1.29, 1.82) is 0 Å². The smallest absolute Gasteiger partial charge is 0.00221 e. The van der Waals surface area contributed by atoms with E-state index in [1.165, 1.54) is 51.7 Å². The molecule has 1 aliphatic rings. The molecule has 1 aromatic carbocycles. The van der Waals surface area contributed by atoms with Crippen LogP contribution in [-0.4, -0.2) is 31.1 Å². The lowest BCUT2D eigenvalue weighted by molar-refractivity contribution is 0.273. The zero-order chi connectivity index (χ0) is 13.5. The first-order valence-corrected chi connectivity index (χ1v) is 7.79. The molecule has 1 heterocycles. The lowest BCUT2D eigenvalue weighted by atomic mass is 10.0. The molecular formula is C17H28N2. The molecule has 0 fully saturated rings. The maximum Gasteiger partial charge on any atom is 0.00221 e. The first-order valence-electron chi connectivity index (χ1n) is 7.79. The minimum absolute atomic E-state index is 0.786. The fraction of sp³-hybridized carbons (Fsp3) is 0.647. The van der Waals surface area contributed by atoms with Crippen molar-refractivity contribution in [2.75, 3.05) is 26.2 Å². The van der Waals surface area contributed by atoms with Crippen LogP contribution < -0.4 is 5.73 Å². The molecule has 1 aromatic rings. The van der Waals surface area contributed by atoms with Gasteiger partial charge in [-0.15, -0.1) is 0 Å². The summed E-state index contributed by atoms with van der Waals surface area (Å²) >= 11 is 0. The Hall–Kier alpha value is -0.860. The fourth-order valence-electron chi connectivity index (χ4n) is 3.03. The van der Waals surface area contributed by atoms with Crippen molar-refractivity contribution in [2.45, 2.75) is 39.0 Å². The van der Waals surface area contributed by atoms with Crippen molar-refractivity contribution in [3.05, 3.63) is 35.4 Å². The van der Waals surface area contributed by atoms with Crippen LogP contribution in [0.25, 0.3) is 0 Å². The molecule has 0 saturated heterocycles. The first-order chi connectivity index (χ1) is 9.29. The lowest BCUT2D eigenvalue weighted by Gasteiger charge is -2.20. The molecule has 0 aliphatic carbocycles. The molecule has 0 radical (unpaired) electrons. The van der Waals surface area contributed by atoms with Crippen LogP contribution in [0.3, 0.4) is 0 Å². The zero-order valence-corrected chi connectivity index (χ0v) is 12.3. The first kappa shape index (κ1) is 14.5. The number of fused-ring (bicyclic) bond motifs is 1. The second kappa shape index (κ2) is 7.66. The van der Waals surface area contributed by atoms with Crippen molar-refractivity contribution in [3.8, 4) is 0 Å². The van der Waals surface area contributed by atoms with E-state index < -0.39 is 0 Å². The highest BCUT2D eigenvalue weighted by molar-refractivity contribution is 5.28. The van der Waals surface area contributed by atoms with Crippen molar-refractivity contribution < 1.29 is 0 Å². The Morgan fingerprint density at radius 1 is 1.11 bits per heavy atom. The molecule has 0 aromatic heterocycles. The summed E-state index contributed by atoms with van der Waals surface area (Å²) in [5, 5.41) is 0. The van der Waals surface area contributed by atoms with Crippen molar-refractivity contribution in [2.24, 2.45) is 11.7 Å². The molecule has 2 rings (SSSR count). The number of rotatable bonds is 6. The maximum absolute atomic E-state index is 5.60. The average molecular weight is 260 g/mol. The Bertz CT molecular complexity index is 348. The summed E-state index contributed by atoms with van der Waals surface area (Å²) in [7, 11) is 0. The van der Waals surface area contributed by atoms with Gasteiger partial charge >= 0.3 is 0 Å². The van der Waals surface area contributed by atoms with E-state index in [1.807, 2.05) is 0 Å². The van der Waals surface area contributed by atoms with E-state index in [2.05, 4.69) is 36.1 Å². The molecule has 0 saturated carbocycles. The second-order valence-corrected chi connectivity index (χ2v) is 5.94. The standard InChI is InChI=1S/C17H28N2/c1-15(8-11-18)5-4-12-19-13-9-16-6-2-3-7-17(16)10-14-19/h2-3,6-7,15H,4-5,8-14,18H2,1H3. The topological polar surface area (TPSA) is 29.3 Å². The molecule has 2 N–H and O–H groups in total. The van der Waals surface area contributed by atoms with Crippen LogP contribution in [0, 0.1) is 5.92 Å². The zero-order valence-electron chi connectivity index (χ0n) is 12.3. The number of hydrogen-bond acceptors (Lipinski definition) is 2. The SMILES string of the molecule is CC(CCN)CCCN1CCc2ccccc2CC1. The molecule has 106 valence electrons. The molecule has 2 nitrogen and oxygen atoms in total. The second-order valence-electron chi connectivity index (χ2n) is 5.94.